The summed E-state index contributed by atoms with van der Waals surface area (Å²) in [6.07, 6.45) is 4.29. The summed E-state index contributed by atoms with van der Waals surface area (Å²) in [5, 5.41) is 5.59. The fourth-order valence-electron chi connectivity index (χ4n) is 0.616. The lowest BCUT2D eigenvalue weighted by molar-refractivity contribution is -0.117. The SMILES string of the molecule is C=CCNC(C=C)NC(=O)C=C. The number of amides is 1. The highest BCUT2D eigenvalue weighted by Crippen LogP contribution is 1.79. The van der Waals surface area contributed by atoms with Gasteiger partial charge in [0.2, 0.25) is 5.91 Å². The number of carbonyl (C=O) groups is 1. The first-order valence-corrected chi connectivity index (χ1v) is 3.64. The number of nitrogens with one attached hydrogen (secondary N) is 2. The summed E-state index contributed by atoms with van der Waals surface area (Å²) >= 11 is 0. The van der Waals surface area contributed by atoms with Crippen molar-refractivity contribution in [3.8, 4) is 0 Å². The predicted octanol–water partition coefficient (Wildman–Crippen LogP) is 0.576. The van der Waals surface area contributed by atoms with Crippen LogP contribution in [-0.2, 0) is 4.79 Å². The van der Waals surface area contributed by atoms with Crippen molar-refractivity contribution in [2.45, 2.75) is 6.17 Å². The van der Waals surface area contributed by atoms with E-state index in [4.69, 9.17) is 0 Å². The van der Waals surface area contributed by atoms with Crippen molar-refractivity contribution in [3.63, 3.8) is 0 Å². The standard InChI is InChI=1S/C9H14N2O/c1-4-7-10-8(5-2)11-9(12)6-3/h4-6,8,10H,1-3,7H2,(H,11,12). The van der Waals surface area contributed by atoms with Gasteiger partial charge < -0.3 is 5.32 Å². The van der Waals surface area contributed by atoms with Gasteiger partial charge in [0.25, 0.3) is 0 Å². The maximum atomic E-state index is 10.8. The Kier molecular flexibility index (Phi) is 5.65. The molecule has 0 saturated carbocycles. The first kappa shape index (κ1) is 10.7. The summed E-state index contributed by atoms with van der Waals surface area (Å²) in [7, 11) is 0. The minimum absolute atomic E-state index is 0.225. The minimum Gasteiger partial charge on any atom is -0.334 e. The van der Waals surface area contributed by atoms with Gasteiger partial charge in [0.05, 0.1) is 6.17 Å². The van der Waals surface area contributed by atoms with Gasteiger partial charge in [0, 0.05) is 6.54 Å². The predicted molar refractivity (Wildman–Crippen MR) is 50.5 cm³/mol. The van der Waals surface area contributed by atoms with Gasteiger partial charge in [-0.05, 0) is 6.08 Å². The molecule has 3 heteroatoms. The molecule has 0 heterocycles. The molecule has 1 amide bonds. The Hall–Kier alpha value is -1.35. The van der Waals surface area contributed by atoms with Gasteiger partial charge in [-0.2, -0.15) is 0 Å². The van der Waals surface area contributed by atoms with Gasteiger partial charge in [-0.3, -0.25) is 10.1 Å². The van der Waals surface area contributed by atoms with Gasteiger partial charge in [0.1, 0.15) is 0 Å². The molecule has 0 aromatic carbocycles. The molecule has 0 radical (unpaired) electrons. The van der Waals surface area contributed by atoms with E-state index < -0.39 is 0 Å². The van der Waals surface area contributed by atoms with Crippen molar-refractivity contribution in [2.75, 3.05) is 6.54 Å². The van der Waals surface area contributed by atoms with Crippen LogP contribution in [0.15, 0.2) is 38.0 Å². The van der Waals surface area contributed by atoms with Crippen molar-refractivity contribution < 1.29 is 4.79 Å². The Balaban J connectivity index is 3.81. The summed E-state index contributed by atoms with van der Waals surface area (Å²) in [6.45, 7) is 11.0. The maximum Gasteiger partial charge on any atom is 0.244 e. The number of hydrogen-bond acceptors (Lipinski definition) is 2. The van der Waals surface area contributed by atoms with Crippen LogP contribution in [0.25, 0.3) is 0 Å². The minimum atomic E-state index is -0.228. The number of rotatable bonds is 6. The third-order valence-corrected chi connectivity index (χ3v) is 1.20. The molecule has 0 aliphatic rings. The highest BCUT2D eigenvalue weighted by atomic mass is 16.1. The lowest BCUT2D eigenvalue weighted by Crippen LogP contribution is -2.43. The van der Waals surface area contributed by atoms with Crippen LogP contribution in [0.2, 0.25) is 0 Å². The van der Waals surface area contributed by atoms with Crippen LogP contribution in [0.3, 0.4) is 0 Å². The Morgan fingerprint density at radius 2 is 2.08 bits per heavy atom. The van der Waals surface area contributed by atoms with Crippen LogP contribution in [-0.4, -0.2) is 18.6 Å². The molecule has 0 aromatic rings. The first-order valence-electron chi connectivity index (χ1n) is 3.64. The number of carbonyl (C=O) groups excluding carboxylic acids is 1. The zero-order valence-corrected chi connectivity index (χ0v) is 7.05. The van der Waals surface area contributed by atoms with E-state index in [1.807, 2.05) is 0 Å². The number of hydrogen-bond donors (Lipinski definition) is 2. The van der Waals surface area contributed by atoms with Crippen LogP contribution < -0.4 is 10.6 Å². The highest BCUT2D eigenvalue weighted by Gasteiger charge is 2.02. The van der Waals surface area contributed by atoms with Crippen molar-refractivity contribution in [2.24, 2.45) is 0 Å². The third-order valence-electron chi connectivity index (χ3n) is 1.20. The monoisotopic (exact) mass is 166 g/mol. The zero-order chi connectivity index (χ0) is 9.40. The molecular weight excluding hydrogens is 152 g/mol. The van der Waals surface area contributed by atoms with Crippen LogP contribution in [0.5, 0.6) is 0 Å². The van der Waals surface area contributed by atoms with Crippen molar-refractivity contribution in [1.82, 2.24) is 10.6 Å². The van der Waals surface area contributed by atoms with E-state index in [0.717, 1.165) is 0 Å². The summed E-state index contributed by atoms with van der Waals surface area (Å²) < 4.78 is 0. The summed E-state index contributed by atoms with van der Waals surface area (Å²) in [5.74, 6) is -0.225. The summed E-state index contributed by atoms with van der Waals surface area (Å²) in [4.78, 5) is 10.8. The van der Waals surface area contributed by atoms with Crippen molar-refractivity contribution in [1.29, 1.82) is 0 Å². The largest absolute Gasteiger partial charge is 0.334 e. The Morgan fingerprint density at radius 3 is 2.50 bits per heavy atom. The molecule has 0 saturated heterocycles. The van der Waals surface area contributed by atoms with Crippen molar-refractivity contribution in [3.05, 3.63) is 38.0 Å². The second-order valence-corrected chi connectivity index (χ2v) is 2.12. The van der Waals surface area contributed by atoms with E-state index in [1.165, 1.54) is 6.08 Å². The smallest absolute Gasteiger partial charge is 0.244 e. The molecule has 0 aliphatic carbocycles. The molecule has 1 unspecified atom stereocenters. The second kappa shape index (κ2) is 6.37. The van der Waals surface area contributed by atoms with E-state index in [1.54, 1.807) is 12.2 Å². The average Bonchev–Trinajstić information content (AvgIpc) is 2.11. The van der Waals surface area contributed by atoms with Crippen LogP contribution in [0.1, 0.15) is 0 Å². The van der Waals surface area contributed by atoms with E-state index >= 15 is 0 Å². The van der Waals surface area contributed by atoms with E-state index in [9.17, 15) is 4.79 Å². The van der Waals surface area contributed by atoms with Gasteiger partial charge in [-0.25, -0.2) is 0 Å². The Labute approximate surface area is 72.9 Å². The molecule has 0 fully saturated rings. The Bertz CT molecular complexity index is 187. The molecule has 12 heavy (non-hydrogen) atoms. The molecule has 0 aliphatic heterocycles. The summed E-state index contributed by atoms with van der Waals surface area (Å²) in [5.41, 5.74) is 0. The quantitative estimate of drug-likeness (QED) is 0.344. The summed E-state index contributed by atoms with van der Waals surface area (Å²) in [6, 6.07) is 0. The molecule has 0 bridgehead atoms. The lowest BCUT2D eigenvalue weighted by Gasteiger charge is -2.13. The molecule has 0 spiro atoms. The van der Waals surface area contributed by atoms with Crippen LogP contribution in [0.4, 0.5) is 0 Å². The molecule has 0 rings (SSSR count). The molecule has 0 aromatic heterocycles. The molecule has 2 N–H and O–H groups in total. The van der Waals surface area contributed by atoms with Crippen molar-refractivity contribution >= 4 is 5.91 Å². The van der Waals surface area contributed by atoms with E-state index in [0.29, 0.717) is 6.54 Å². The Morgan fingerprint density at radius 1 is 1.42 bits per heavy atom. The first-order chi connectivity index (χ1) is 5.74. The topological polar surface area (TPSA) is 41.1 Å². The second-order valence-electron chi connectivity index (χ2n) is 2.12. The molecule has 3 nitrogen and oxygen atoms in total. The molecule has 66 valence electrons. The van der Waals surface area contributed by atoms with Crippen LogP contribution >= 0.6 is 0 Å². The maximum absolute atomic E-state index is 10.8. The zero-order valence-electron chi connectivity index (χ0n) is 7.05. The fourth-order valence-corrected chi connectivity index (χ4v) is 0.616. The molecule has 1 atom stereocenters. The van der Waals surface area contributed by atoms with Gasteiger partial charge in [0.15, 0.2) is 0 Å². The van der Waals surface area contributed by atoms with Gasteiger partial charge in [-0.1, -0.05) is 25.3 Å². The molecular formula is C9H14N2O. The van der Waals surface area contributed by atoms with E-state index in [-0.39, 0.29) is 12.1 Å². The fraction of sp³-hybridized carbons (Fsp3) is 0.222. The van der Waals surface area contributed by atoms with Crippen LogP contribution in [0, 0.1) is 0 Å². The van der Waals surface area contributed by atoms with E-state index in [2.05, 4.69) is 30.4 Å². The average molecular weight is 166 g/mol. The highest BCUT2D eigenvalue weighted by molar-refractivity contribution is 5.87. The van der Waals surface area contributed by atoms with Gasteiger partial charge in [-0.15, -0.1) is 6.58 Å². The lowest BCUT2D eigenvalue weighted by atomic mass is 10.4. The van der Waals surface area contributed by atoms with Gasteiger partial charge >= 0.3 is 0 Å². The third kappa shape index (κ3) is 4.46. The normalized spacial score (nSPS) is 11.3.